The van der Waals surface area contributed by atoms with E-state index in [9.17, 15) is 4.79 Å². The molecular formula is C10H15NO2S2. The van der Waals surface area contributed by atoms with Gasteiger partial charge in [0.15, 0.2) is 0 Å². The lowest BCUT2D eigenvalue weighted by atomic mass is 10.2. The molecule has 84 valence electrons. The molecule has 0 aromatic carbocycles. The lowest BCUT2D eigenvalue weighted by Crippen LogP contribution is -2.40. The summed E-state index contributed by atoms with van der Waals surface area (Å²) < 4.78 is 0. The van der Waals surface area contributed by atoms with Crippen molar-refractivity contribution in [3.05, 3.63) is 22.4 Å². The SMILES string of the molecule is CSC(CO)C(C)NC(=O)c1cccs1. The number of nitrogens with one attached hydrogen (secondary N) is 1. The molecule has 5 heteroatoms. The number of thiophene rings is 1. The predicted molar refractivity (Wildman–Crippen MR) is 65.6 cm³/mol. The molecular weight excluding hydrogens is 230 g/mol. The summed E-state index contributed by atoms with van der Waals surface area (Å²) in [4.78, 5) is 12.4. The van der Waals surface area contributed by atoms with Crippen LogP contribution in [0.1, 0.15) is 16.6 Å². The second-order valence-electron chi connectivity index (χ2n) is 3.20. The van der Waals surface area contributed by atoms with E-state index in [0.29, 0.717) is 4.88 Å². The van der Waals surface area contributed by atoms with Crippen LogP contribution in [0.2, 0.25) is 0 Å². The Morgan fingerprint density at radius 2 is 2.47 bits per heavy atom. The smallest absolute Gasteiger partial charge is 0.261 e. The number of rotatable bonds is 5. The van der Waals surface area contributed by atoms with Crippen LogP contribution in [0.25, 0.3) is 0 Å². The summed E-state index contributed by atoms with van der Waals surface area (Å²) in [6.45, 7) is 1.98. The number of aliphatic hydroxyl groups is 1. The van der Waals surface area contributed by atoms with Crippen molar-refractivity contribution in [3.8, 4) is 0 Å². The Bertz CT molecular complexity index is 296. The summed E-state index contributed by atoms with van der Waals surface area (Å²) in [6, 6.07) is 3.61. The summed E-state index contributed by atoms with van der Waals surface area (Å²) in [7, 11) is 0. The van der Waals surface area contributed by atoms with E-state index in [1.807, 2.05) is 24.6 Å². The molecule has 2 unspecified atom stereocenters. The van der Waals surface area contributed by atoms with Crippen molar-refractivity contribution in [2.75, 3.05) is 12.9 Å². The van der Waals surface area contributed by atoms with Crippen LogP contribution in [0.4, 0.5) is 0 Å². The van der Waals surface area contributed by atoms with Crippen molar-refractivity contribution in [2.45, 2.75) is 18.2 Å². The van der Waals surface area contributed by atoms with Crippen LogP contribution in [0.15, 0.2) is 17.5 Å². The summed E-state index contributed by atoms with van der Waals surface area (Å²) in [5, 5.41) is 13.9. The largest absolute Gasteiger partial charge is 0.395 e. The molecule has 0 aliphatic heterocycles. The first-order valence-corrected chi connectivity index (χ1v) is 6.83. The van der Waals surface area contributed by atoms with E-state index in [4.69, 9.17) is 5.11 Å². The molecule has 2 atom stereocenters. The maximum Gasteiger partial charge on any atom is 0.261 e. The quantitative estimate of drug-likeness (QED) is 0.828. The van der Waals surface area contributed by atoms with Gasteiger partial charge in [-0.2, -0.15) is 11.8 Å². The molecule has 0 saturated heterocycles. The van der Waals surface area contributed by atoms with E-state index < -0.39 is 0 Å². The molecule has 1 aromatic heterocycles. The normalized spacial score (nSPS) is 14.6. The minimum Gasteiger partial charge on any atom is -0.395 e. The van der Waals surface area contributed by atoms with Gasteiger partial charge in [-0.15, -0.1) is 11.3 Å². The zero-order valence-corrected chi connectivity index (χ0v) is 10.4. The monoisotopic (exact) mass is 245 g/mol. The van der Waals surface area contributed by atoms with E-state index in [-0.39, 0.29) is 23.8 Å². The molecule has 0 saturated carbocycles. The molecule has 0 spiro atoms. The third-order valence-electron chi connectivity index (χ3n) is 2.14. The predicted octanol–water partition coefficient (Wildman–Crippen LogP) is 1.59. The van der Waals surface area contributed by atoms with E-state index in [1.54, 1.807) is 17.8 Å². The highest BCUT2D eigenvalue weighted by atomic mass is 32.2. The molecule has 0 bridgehead atoms. The summed E-state index contributed by atoms with van der Waals surface area (Å²) in [5.41, 5.74) is 0. The zero-order valence-electron chi connectivity index (χ0n) is 8.77. The van der Waals surface area contributed by atoms with Crippen molar-refractivity contribution >= 4 is 29.0 Å². The van der Waals surface area contributed by atoms with Gasteiger partial charge >= 0.3 is 0 Å². The molecule has 0 aliphatic carbocycles. The Labute approximate surface area is 97.9 Å². The van der Waals surface area contributed by atoms with Gasteiger partial charge in [-0.1, -0.05) is 6.07 Å². The number of hydrogen-bond donors (Lipinski definition) is 2. The van der Waals surface area contributed by atoms with Gasteiger partial charge in [-0.25, -0.2) is 0 Å². The summed E-state index contributed by atoms with van der Waals surface area (Å²) in [6.07, 6.45) is 1.93. The molecule has 1 amide bonds. The maximum atomic E-state index is 11.7. The zero-order chi connectivity index (χ0) is 11.3. The second kappa shape index (κ2) is 6.15. The number of thioether (sulfide) groups is 1. The number of amides is 1. The highest BCUT2D eigenvalue weighted by Gasteiger charge is 2.18. The van der Waals surface area contributed by atoms with Crippen molar-refractivity contribution in [1.82, 2.24) is 5.32 Å². The fraction of sp³-hybridized carbons (Fsp3) is 0.500. The minimum atomic E-state index is -0.0648. The summed E-state index contributed by atoms with van der Waals surface area (Å²) >= 11 is 2.97. The van der Waals surface area contributed by atoms with Gasteiger partial charge in [0, 0.05) is 11.3 Å². The van der Waals surface area contributed by atoms with Gasteiger partial charge in [0.25, 0.3) is 5.91 Å². The molecule has 2 N–H and O–H groups in total. The van der Waals surface area contributed by atoms with Crippen molar-refractivity contribution in [2.24, 2.45) is 0 Å². The standard InChI is InChI=1S/C10H15NO2S2/c1-7(9(6-12)14-2)11-10(13)8-4-3-5-15-8/h3-5,7,9,12H,6H2,1-2H3,(H,11,13). The Morgan fingerprint density at radius 1 is 1.73 bits per heavy atom. The van der Waals surface area contributed by atoms with Crippen LogP contribution in [-0.4, -0.2) is 35.2 Å². The number of hydrogen-bond acceptors (Lipinski definition) is 4. The van der Waals surface area contributed by atoms with Crippen molar-refractivity contribution in [3.63, 3.8) is 0 Å². The van der Waals surface area contributed by atoms with E-state index in [1.165, 1.54) is 11.3 Å². The second-order valence-corrected chi connectivity index (χ2v) is 5.22. The topological polar surface area (TPSA) is 49.3 Å². The fourth-order valence-electron chi connectivity index (χ4n) is 1.22. The Hall–Kier alpha value is -0.520. The number of carbonyl (C=O) groups is 1. The minimum absolute atomic E-state index is 0.0281. The molecule has 15 heavy (non-hydrogen) atoms. The highest BCUT2D eigenvalue weighted by Crippen LogP contribution is 2.13. The first-order valence-electron chi connectivity index (χ1n) is 4.67. The average molecular weight is 245 g/mol. The van der Waals surface area contributed by atoms with Crippen LogP contribution in [0.5, 0.6) is 0 Å². The van der Waals surface area contributed by atoms with Crippen LogP contribution >= 0.6 is 23.1 Å². The Balaban J connectivity index is 2.51. The van der Waals surface area contributed by atoms with Crippen LogP contribution in [0.3, 0.4) is 0 Å². The van der Waals surface area contributed by atoms with Crippen LogP contribution < -0.4 is 5.32 Å². The fourth-order valence-corrected chi connectivity index (χ4v) is 2.47. The van der Waals surface area contributed by atoms with Crippen molar-refractivity contribution < 1.29 is 9.90 Å². The van der Waals surface area contributed by atoms with Gasteiger partial charge in [0.1, 0.15) is 0 Å². The molecule has 1 heterocycles. The molecule has 3 nitrogen and oxygen atoms in total. The molecule has 0 fully saturated rings. The Kier molecular flexibility index (Phi) is 5.14. The lowest BCUT2D eigenvalue weighted by molar-refractivity contribution is 0.0940. The van der Waals surface area contributed by atoms with Crippen LogP contribution in [-0.2, 0) is 0 Å². The van der Waals surface area contributed by atoms with E-state index >= 15 is 0 Å². The highest BCUT2D eigenvalue weighted by molar-refractivity contribution is 7.99. The molecule has 0 radical (unpaired) electrons. The van der Waals surface area contributed by atoms with E-state index in [2.05, 4.69) is 5.32 Å². The Morgan fingerprint density at radius 3 is 2.93 bits per heavy atom. The van der Waals surface area contributed by atoms with Gasteiger partial charge in [-0.3, -0.25) is 4.79 Å². The van der Waals surface area contributed by atoms with Gasteiger partial charge < -0.3 is 10.4 Å². The van der Waals surface area contributed by atoms with Gasteiger partial charge in [-0.05, 0) is 24.6 Å². The first kappa shape index (κ1) is 12.5. The molecule has 1 rings (SSSR count). The first-order chi connectivity index (χ1) is 7.19. The summed E-state index contributed by atoms with van der Waals surface area (Å²) in [5.74, 6) is -0.0648. The lowest BCUT2D eigenvalue weighted by Gasteiger charge is -2.20. The third-order valence-corrected chi connectivity index (χ3v) is 4.18. The number of carbonyl (C=O) groups excluding carboxylic acids is 1. The number of aliphatic hydroxyl groups excluding tert-OH is 1. The van der Waals surface area contributed by atoms with E-state index in [0.717, 1.165) is 0 Å². The third kappa shape index (κ3) is 3.52. The van der Waals surface area contributed by atoms with Crippen LogP contribution in [0, 0.1) is 0 Å². The molecule has 1 aromatic rings. The van der Waals surface area contributed by atoms with Gasteiger partial charge in [0.05, 0.1) is 11.5 Å². The maximum absolute atomic E-state index is 11.7. The molecule has 0 aliphatic rings. The van der Waals surface area contributed by atoms with Gasteiger partial charge in [0.2, 0.25) is 0 Å². The van der Waals surface area contributed by atoms with Crippen molar-refractivity contribution in [1.29, 1.82) is 0 Å². The average Bonchev–Trinajstić information content (AvgIpc) is 2.72.